The minimum absolute atomic E-state index is 0.00953. The monoisotopic (exact) mass is 512 g/mol. The molecule has 33 heavy (non-hydrogen) atoms. The number of amides is 1. The zero-order chi connectivity index (χ0) is 24.0. The van der Waals surface area contributed by atoms with Gasteiger partial charge in [0.1, 0.15) is 15.8 Å². The smallest absolute Gasteiger partial charge is 0.344 e. The van der Waals surface area contributed by atoms with Crippen molar-refractivity contribution in [2.24, 2.45) is 0 Å². The van der Waals surface area contributed by atoms with E-state index in [4.69, 9.17) is 21.1 Å². The Bertz CT molecular complexity index is 1230. The Morgan fingerprint density at radius 1 is 1.12 bits per heavy atom. The molecule has 1 N–H and O–H groups in total. The zero-order valence-electron chi connectivity index (χ0n) is 17.2. The zero-order valence-corrected chi connectivity index (χ0v) is 19.5. The number of esters is 1. The second-order valence-electron chi connectivity index (χ2n) is 6.52. The fourth-order valence-corrected chi connectivity index (χ4v) is 5.11. The van der Waals surface area contributed by atoms with E-state index in [0.717, 1.165) is 27.8 Å². The Kier molecular flexibility index (Phi) is 7.90. The first kappa shape index (κ1) is 24.5. The predicted molar refractivity (Wildman–Crippen MR) is 123 cm³/mol. The lowest BCUT2D eigenvalue weighted by molar-refractivity contribution is -0.149. The Morgan fingerprint density at radius 3 is 2.48 bits per heavy atom. The van der Waals surface area contributed by atoms with E-state index in [1.54, 1.807) is 11.4 Å². The van der Waals surface area contributed by atoms with Gasteiger partial charge < -0.3 is 14.8 Å². The lowest BCUT2D eigenvalue weighted by atomic mass is 10.3. The van der Waals surface area contributed by atoms with Crippen LogP contribution in [0.1, 0.15) is 0 Å². The molecule has 0 atom stereocenters. The molecule has 1 aromatic heterocycles. The van der Waals surface area contributed by atoms with Gasteiger partial charge in [-0.1, -0.05) is 17.7 Å². The topological polar surface area (TPSA) is 102 Å². The number of hydrogen-bond donors (Lipinski definition) is 1. The summed E-state index contributed by atoms with van der Waals surface area (Å²) in [6.07, 6.45) is 0. The van der Waals surface area contributed by atoms with Gasteiger partial charge in [0.05, 0.1) is 16.4 Å². The van der Waals surface area contributed by atoms with E-state index in [-0.39, 0.29) is 14.9 Å². The molecule has 0 bridgehead atoms. The van der Waals surface area contributed by atoms with Gasteiger partial charge in [0, 0.05) is 7.05 Å². The number of carbonyl (C=O) groups excluding carboxylic acids is 2. The summed E-state index contributed by atoms with van der Waals surface area (Å²) in [5.41, 5.74) is 0.593. The van der Waals surface area contributed by atoms with Crippen molar-refractivity contribution >= 4 is 56.2 Å². The number of carbonyl (C=O) groups is 2. The molecule has 2 aromatic carbocycles. The number of nitrogens with zero attached hydrogens (tertiary/aromatic N) is 1. The van der Waals surface area contributed by atoms with Crippen LogP contribution in [0.3, 0.4) is 0 Å². The molecule has 0 fully saturated rings. The molecular weight excluding hydrogens is 495 g/mol. The molecule has 0 radical (unpaired) electrons. The number of halogens is 2. The van der Waals surface area contributed by atoms with Crippen molar-refractivity contribution in [3.63, 3.8) is 0 Å². The van der Waals surface area contributed by atoms with Gasteiger partial charge in [-0.05, 0) is 53.9 Å². The molecule has 0 saturated heterocycles. The van der Waals surface area contributed by atoms with Crippen LogP contribution in [0.25, 0.3) is 0 Å². The Hall–Kier alpha value is -3.15. The van der Waals surface area contributed by atoms with E-state index < -0.39 is 40.9 Å². The highest BCUT2D eigenvalue weighted by molar-refractivity contribution is 7.94. The Balaban J connectivity index is 1.47. The molecule has 1 heterocycles. The van der Waals surface area contributed by atoms with Crippen LogP contribution in [0.4, 0.5) is 15.8 Å². The quantitative estimate of drug-likeness (QED) is 0.436. The molecule has 0 unspecified atom stereocenters. The van der Waals surface area contributed by atoms with Gasteiger partial charge in [0.15, 0.2) is 13.2 Å². The standard InChI is InChI=1S/C21H18ClFN2O6S2/c1-25(33(28,29)21-3-2-10-32-21)15-5-7-16(8-6-15)30-13-20(27)31-12-19(26)24-18-9-4-14(23)11-17(18)22/h2-11H,12-13H2,1H3,(H,24,26). The number of nitrogens with one attached hydrogen (secondary N) is 1. The number of benzene rings is 2. The molecule has 1 amide bonds. The van der Waals surface area contributed by atoms with E-state index in [1.165, 1.54) is 43.4 Å². The van der Waals surface area contributed by atoms with E-state index in [1.807, 2.05) is 0 Å². The average Bonchev–Trinajstić information content (AvgIpc) is 3.34. The molecule has 0 spiro atoms. The van der Waals surface area contributed by atoms with Crippen molar-refractivity contribution in [2.75, 3.05) is 29.9 Å². The summed E-state index contributed by atoms with van der Waals surface area (Å²) in [7, 11) is -2.22. The highest BCUT2D eigenvalue weighted by atomic mass is 35.5. The number of rotatable bonds is 9. The van der Waals surface area contributed by atoms with Gasteiger partial charge in [0.2, 0.25) is 0 Å². The summed E-state index contributed by atoms with van der Waals surface area (Å²) >= 11 is 6.94. The molecule has 3 aromatic rings. The molecular formula is C21H18ClFN2O6S2. The van der Waals surface area contributed by atoms with Crippen molar-refractivity contribution < 1.29 is 31.9 Å². The first-order valence-electron chi connectivity index (χ1n) is 9.32. The number of hydrogen-bond acceptors (Lipinski definition) is 7. The lowest BCUT2D eigenvalue weighted by Gasteiger charge is -2.18. The number of thiophene rings is 1. The van der Waals surface area contributed by atoms with Gasteiger partial charge >= 0.3 is 5.97 Å². The van der Waals surface area contributed by atoms with Crippen molar-refractivity contribution in [2.45, 2.75) is 4.21 Å². The van der Waals surface area contributed by atoms with Crippen molar-refractivity contribution in [3.05, 3.63) is 70.8 Å². The van der Waals surface area contributed by atoms with Crippen LogP contribution in [-0.4, -0.2) is 40.6 Å². The van der Waals surface area contributed by atoms with Crippen LogP contribution < -0.4 is 14.4 Å². The maximum Gasteiger partial charge on any atom is 0.344 e. The molecule has 0 aliphatic carbocycles. The second-order valence-corrected chi connectivity index (χ2v) is 10.1. The van der Waals surface area contributed by atoms with Gasteiger partial charge in [-0.3, -0.25) is 9.10 Å². The van der Waals surface area contributed by atoms with Crippen LogP contribution in [0.15, 0.2) is 64.2 Å². The second kappa shape index (κ2) is 10.6. The average molecular weight is 513 g/mol. The van der Waals surface area contributed by atoms with E-state index in [9.17, 15) is 22.4 Å². The fourth-order valence-electron chi connectivity index (χ4n) is 2.54. The van der Waals surface area contributed by atoms with Crippen LogP contribution in [0.2, 0.25) is 5.02 Å². The van der Waals surface area contributed by atoms with Crippen molar-refractivity contribution in [1.29, 1.82) is 0 Å². The first-order chi connectivity index (χ1) is 15.7. The van der Waals surface area contributed by atoms with Crippen LogP contribution in [0.5, 0.6) is 5.75 Å². The van der Waals surface area contributed by atoms with Gasteiger partial charge in [0.25, 0.3) is 15.9 Å². The number of sulfonamides is 1. The highest BCUT2D eigenvalue weighted by Gasteiger charge is 2.22. The third-order valence-electron chi connectivity index (χ3n) is 4.24. The molecule has 3 rings (SSSR count). The van der Waals surface area contributed by atoms with Crippen molar-refractivity contribution in [1.82, 2.24) is 0 Å². The van der Waals surface area contributed by atoms with Gasteiger partial charge in [-0.2, -0.15) is 0 Å². The van der Waals surface area contributed by atoms with E-state index in [2.05, 4.69) is 5.32 Å². The first-order valence-corrected chi connectivity index (χ1v) is 12.0. The summed E-state index contributed by atoms with van der Waals surface area (Å²) < 4.78 is 49.6. The predicted octanol–water partition coefficient (Wildman–Crippen LogP) is 3.93. The highest BCUT2D eigenvalue weighted by Crippen LogP contribution is 2.26. The normalized spacial score (nSPS) is 11.0. The summed E-state index contributed by atoms with van der Waals surface area (Å²) in [5, 5.41) is 4.09. The third-order valence-corrected chi connectivity index (χ3v) is 7.71. The maximum absolute atomic E-state index is 13.0. The number of ether oxygens (including phenoxy) is 2. The largest absolute Gasteiger partial charge is 0.482 e. The molecule has 0 saturated carbocycles. The van der Waals surface area contributed by atoms with Crippen LogP contribution in [-0.2, 0) is 24.3 Å². The molecule has 8 nitrogen and oxygen atoms in total. The van der Waals surface area contributed by atoms with Crippen LogP contribution >= 0.6 is 22.9 Å². The fraction of sp³-hybridized carbons (Fsp3) is 0.143. The minimum Gasteiger partial charge on any atom is -0.482 e. The van der Waals surface area contributed by atoms with Crippen molar-refractivity contribution in [3.8, 4) is 5.75 Å². The molecule has 12 heteroatoms. The molecule has 0 aliphatic heterocycles. The molecule has 174 valence electrons. The van der Waals surface area contributed by atoms with Crippen LogP contribution in [0, 0.1) is 5.82 Å². The Labute approximate surface area is 198 Å². The van der Waals surface area contributed by atoms with E-state index >= 15 is 0 Å². The number of anilines is 2. The Morgan fingerprint density at radius 2 is 1.85 bits per heavy atom. The summed E-state index contributed by atoms with van der Waals surface area (Å²) in [6, 6.07) is 12.7. The maximum atomic E-state index is 13.0. The summed E-state index contributed by atoms with van der Waals surface area (Å²) in [6.45, 7) is -1.05. The third kappa shape index (κ3) is 6.44. The SMILES string of the molecule is CN(c1ccc(OCC(=O)OCC(=O)Nc2ccc(F)cc2Cl)cc1)S(=O)(=O)c1cccs1. The minimum atomic E-state index is -3.66. The lowest BCUT2D eigenvalue weighted by Crippen LogP contribution is -2.25. The summed E-state index contributed by atoms with van der Waals surface area (Å²) in [4.78, 5) is 23.7. The molecule has 0 aliphatic rings. The summed E-state index contributed by atoms with van der Waals surface area (Å²) in [5.74, 6) is -1.70. The van der Waals surface area contributed by atoms with E-state index in [0.29, 0.717) is 11.4 Å². The van der Waals surface area contributed by atoms with Gasteiger partial charge in [-0.15, -0.1) is 11.3 Å². The van der Waals surface area contributed by atoms with Gasteiger partial charge in [-0.25, -0.2) is 17.6 Å².